The van der Waals surface area contributed by atoms with E-state index in [9.17, 15) is 38.7 Å². The van der Waals surface area contributed by atoms with Crippen molar-refractivity contribution in [3.8, 4) is 11.6 Å². The van der Waals surface area contributed by atoms with Crippen molar-refractivity contribution < 1.29 is 52.2 Å². The predicted molar refractivity (Wildman–Crippen MR) is 261 cm³/mol. The van der Waals surface area contributed by atoms with Gasteiger partial charge < -0.3 is 28.4 Å². The lowest BCUT2D eigenvalue weighted by molar-refractivity contribution is -0.124. The number of aromatic hydroxyl groups is 1. The number of anilines is 2. The highest BCUT2D eigenvalue weighted by Gasteiger charge is 2.36. The molecule has 3 aliphatic rings. The van der Waals surface area contributed by atoms with Crippen molar-refractivity contribution in [2.24, 2.45) is 4.99 Å². The van der Waals surface area contributed by atoms with Gasteiger partial charge in [0, 0.05) is 59.7 Å². The maximum Gasteiger partial charge on any atom is 0.298 e. The van der Waals surface area contributed by atoms with Crippen LogP contribution in [0.5, 0.6) is 11.6 Å². The SMILES string of the molecule is CC(=O)n1c(O)c(C=c2ccc(=CC3=c4ccc(OC=O)cc4=NC3=O)o2)c2ccccc21.CCCC(=O)N1C(=O)/C(=C/c2ccc(/C=C3/C(=O)N(CCCC=O)c4ccccc43)o2)c2ccccc21. The van der Waals surface area contributed by atoms with E-state index < -0.39 is 5.91 Å². The fourth-order valence-corrected chi connectivity index (χ4v) is 8.67. The van der Waals surface area contributed by atoms with E-state index in [-0.39, 0.29) is 35.9 Å². The highest BCUT2D eigenvalue weighted by atomic mass is 16.5. The number of hydrogen-bond acceptors (Lipinski definition) is 11. The molecular formula is C55H42N4O11. The molecule has 0 spiro atoms. The normalized spacial score (nSPS) is 15.3. The number of hydrogen-bond donors (Lipinski definition) is 1. The molecule has 0 atom stereocenters. The number of unbranched alkanes of at least 4 members (excludes halogenated alkanes) is 1. The van der Waals surface area contributed by atoms with Crippen molar-refractivity contribution in [3.63, 3.8) is 0 Å². The van der Waals surface area contributed by atoms with E-state index in [0.717, 1.165) is 17.5 Å². The molecule has 0 saturated heterocycles. The van der Waals surface area contributed by atoms with E-state index in [2.05, 4.69) is 4.99 Å². The van der Waals surface area contributed by atoms with Crippen LogP contribution in [0.2, 0.25) is 0 Å². The highest BCUT2D eigenvalue weighted by molar-refractivity contribution is 6.42. The smallest absolute Gasteiger partial charge is 0.298 e. The number of amides is 4. The van der Waals surface area contributed by atoms with Crippen LogP contribution in [-0.4, -0.2) is 58.5 Å². The number of carbonyl (C=O) groups is 7. The second-order valence-electron chi connectivity index (χ2n) is 16.3. The van der Waals surface area contributed by atoms with Gasteiger partial charge in [-0.3, -0.25) is 33.3 Å². The lowest BCUT2D eigenvalue weighted by Gasteiger charge is -2.16. The van der Waals surface area contributed by atoms with Gasteiger partial charge in [0.2, 0.25) is 17.7 Å². The minimum atomic E-state index is -0.433. The largest absolute Gasteiger partial charge is 0.494 e. The number of rotatable bonds is 12. The molecule has 7 aromatic rings. The molecule has 4 amide bonds. The topological polar surface area (TPSA) is 199 Å². The monoisotopic (exact) mass is 934 g/mol. The van der Waals surface area contributed by atoms with Crippen LogP contribution in [0.25, 0.3) is 51.9 Å². The Balaban J connectivity index is 0.000000175. The molecule has 4 aromatic carbocycles. The molecule has 0 saturated carbocycles. The number of carbonyl (C=O) groups excluding carboxylic acids is 7. The minimum absolute atomic E-state index is 0.145. The molecule has 15 heteroatoms. The van der Waals surface area contributed by atoms with Crippen molar-refractivity contribution in [3.05, 3.63) is 165 Å². The molecule has 0 radical (unpaired) electrons. The highest BCUT2D eigenvalue weighted by Crippen LogP contribution is 2.40. The fraction of sp³-hybridized carbons (Fsp3) is 0.127. The first-order valence-electron chi connectivity index (χ1n) is 22.3. The average Bonchev–Trinajstić information content (AvgIpc) is 4.21. The van der Waals surface area contributed by atoms with Crippen molar-refractivity contribution in [1.82, 2.24) is 4.57 Å². The third-order valence-electron chi connectivity index (χ3n) is 11.8. The number of aldehydes is 1. The molecule has 0 aliphatic carbocycles. The van der Waals surface area contributed by atoms with Crippen LogP contribution in [0, 0.1) is 0 Å². The molecule has 0 fully saturated rings. The first kappa shape index (κ1) is 45.9. The second-order valence-corrected chi connectivity index (χ2v) is 16.3. The van der Waals surface area contributed by atoms with Crippen LogP contribution in [-0.2, 0) is 28.8 Å². The van der Waals surface area contributed by atoms with Gasteiger partial charge >= 0.3 is 0 Å². The fourth-order valence-electron chi connectivity index (χ4n) is 8.67. The average molecular weight is 935 g/mol. The molecule has 0 unspecified atom stereocenters. The number of benzene rings is 4. The van der Waals surface area contributed by atoms with E-state index in [0.29, 0.717) is 115 Å². The van der Waals surface area contributed by atoms with Gasteiger partial charge in [-0.25, -0.2) is 9.89 Å². The summed E-state index contributed by atoms with van der Waals surface area (Å²) in [6.07, 6.45) is 9.32. The number of furan rings is 2. The molecule has 1 N–H and O–H groups in total. The standard InChI is InChI=1S/C30H26N2O5.C25H16N2O6/c1-2-9-28(34)32-27-13-6-4-11-23(27)25(30(32)36)19-21-15-14-20(37-21)18-24-22-10-3-5-12-26(22)31(29(24)35)16-7-8-17-33;1-14(29)27-23-5-3-2-4-19(23)21(25(27)31)11-17-7-6-16(33-17)10-20-18-9-8-15(32-13-28)12-22(18)26-24(20)30/h3-6,10-15,17-19H,2,7-9,16H2,1H3;2-13,31H,1H3/b24-18+,25-19+;. The van der Waals surface area contributed by atoms with Gasteiger partial charge in [0.15, 0.2) is 0 Å². The number of nitrogens with zero attached hydrogens (tertiary/aromatic N) is 4. The molecule has 3 aliphatic heterocycles. The van der Waals surface area contributed by atoms with Crippen molar-refractivity contribution >= 4 is 106 Å². The van der Waals surface area contributed by atoms with Crippen molar-refractivity contribution in [2.45, 2.75) is 39.5 Å². The van der Waals surface area contributed by atoms with E-state index >= 15 is 0 Å². The Hall–Kier alpha value is -9.24. The number of para-hydroxylation sites is 3. The molecule has 10 rings (SSSR count). The Morgan fingerprint density at radius 2 is 1.40 bits per heavy atom. The number of fused-ring (bicyclic) bond motifs is 4. The Morgan fingerprint density at radius 1 is 0.743 bits per heavy atom. The first-order chi connectivity index (χ1) is 34.0. The summed E-state index contributed by atoms with van der Waals surface area (Å²) in [6, 6.07) is 33.5. The summed E-state index contributed by atoms with van der Waals surface area (Å²) in [5.74, 6) is -0.462. The van der Waals surface area contributed by atoms with Gasteiger partial charge in [0.05, 0.1) is 39.0 Å². The predicted octanol–water partition coefficient (Wildman–Crippen LogP) is 6.12. The molecule has 70 heavy (non-hydrogen) atoms. The number of ether oxygens (including phenoxy) is 1. The zero-order chi connectivity index (χ0) is 49.1. The van der Waals surface area contributed by atoms with Gasteiger partial charge in [-0.15, -0.1) is 0 Å². The molecule has 0 bridgehead atoms. The summed E-state index contributed by atoms with van der Waals surface area (Å²) < 4.78 is 17.9. The quantitative estimate of drug-likeness (QED) is 0.0842. The second kappa shape index (κ2) is 19.5. The number of imide groups is 1. The van der Waals surface area contributed by atoms with E-state index in [4.69, 9.17) is 13.6 Å². The summed E-state index contributed by atoms with van der Waals surface area (Å²) in [7, 11) is 0. The molecular weight excluding hydrogens is 893 g/mol. The molecule has 3 aromatic heterocycles. The van der Waals surface area contributed by atoms with E-state index in [1.807, 2.05) is 55.5 Å². The zero-order valence-corrected chi connectivity index (χ0v) is 37.8. The van der Waals surface area contributed by atoms with Crippen molar-refractivity contribution in [1.29, 1.82) is 0 Å². The van der Waals surface area contributed by atoms with E-state index in [1.165, 1.54) is 22.5 Å². The van der Waals surface area contributed by atoms with Crippen LogP contribution in [0.4, 0.5) is 11.4 Å². The van der Waals surface area contributed by atoms with Gasteiger partial charge in [-0.05, 0) is 91.7 Å². The van der Waals surface area contributed by atoms with Crippen LogP contribution in [0.15, 0.2) is 129 Å². The Morgan fingerprint density at radius 3 is 2.10 bits per heavy atom. The zero-order valence-electron chi connectivity index (χ0n) is 37.8. The molecule has 6 heterocycles. The molecule has 348 valence electrons. The lowest BCUT2D eigenvalue weighted by Crippen LogP contribution is -2.33. The minimum Gasteiger partial charge on any atom is -0.494 e. The third kappa shape index (κ3) is 8.74. The van der Waals surface area contributed by atoms with Crippen LogP contribution in [0.3, 0.4) is 0 Å². The summed E-state index contributed by atoms with van der Waals surface area (Å²) in [5.41, 5.74) is 6.00. The Labute approximate surface area is 398 Å². The van der Waals surface area contributed by atoms with Gasteiger partial charge in [0.1, 0.15) is 34.4 Å². The number of aromatic nitrogens is 1. The van der Waals surface area contributed by atoms with Crippen LogP contribution >= 0.6 is 0 Å². The Bertz CT molecular complexity index is 3660. The summed E-state index contributed by atoms with van der Waals surface area (Å²) >= 11 is 0. The van der Waals surface area contributed by atoms with E-state index in [1.54, 1.807) is 89.9 Å². The Kier molecular flexibility index (Phi) is 12.8. The maximum absolute atomic E-state index is 13.2. The summed E-state index contributed by atoms with van der Waals surface area (Å²) in [4.78, 5) is 91.7. The van der Waals surface area contributed by atoms with Crippen molar-refractivity contribution in [2.75, 3.05) is 16.3 Å². The summed E-state index contributed by atoms with van der Waals surface area (Å²) in [5, 5.41) is 12.4. The lowest BCUT2D eigenvalue weighted by atomic mass is 10.1. The summed E-state index contributed by atoms with van der Waals surface area (Å²) in [6.45, 7) is 4.04. The first-order valence-corrected chi connectivity index (χ1v) is 22.3. The van der Waals surface area contributed by atoms with Crippen LogP contribution in [0.1, 0.15) is 72.5 Å². The molecule has 15 nitrogen and oxygen atoms in total. The third-order valence-corrected chi connectivity index (χ3v) is 11.8. The van der Waals surface area contributed by atoms with Gasteiger partial charge in [-0.1, -0.05) is 61.5 Å². The van der Waals surface area contributed by atoms with Gasteiger partial charge in [-0.2, -0.15) is 0 Å². The maximum atomic E-state index is 13.2. The van der Waals surface area contributed by atoms with Gasteiger partial charge in [0.25, 0.3) is 24.2 Å². The van der Waals surface area contributed by atoms with Crippen LogP contribution < -0.4 is 35.9 Å².